The molecule has 8 heteroatoms. The molecule has 1 fully saturated rings. The summed E-state index contributed by atoms with van der Waals surface area (Å²) in [5.41, 5.74) is 0.844. The minimum Gasteiger partial charge on any atom is -0.337 e. The van der Waals surface area contributed by atoms with E-state index in [9.17, 15) is 8.42 Å². The fourth-order valence-electron chi connectivity index (χ4n) is 2.63. The van der Waals surface area contributed by atoms with Crippen LogP contribution in [0.5, 0.6) is 0 Å². The number of aromatic nitrogens is 2. The van der Waals surface area contributed by atoms with Gasteiger partial charge in [0.2, 0.25) is 10.0 Å². The molecule has 0 radical (unpaired) electrons. The number of nitrogens with zero attached hydrogens (tertiary/aromatic N) is 3. The Morgan fingerprint density at radius 1 is 1.30 bits per heavy atom. The zero-order chi connectivity index (χ0) is 16.4. The molecule has 1 aromatic carbocycles. The number of benzene rings is 1. The third-order valence-corrected chi connectivity index (χ3v) is 5.77. The molecule has 124 valence electrons. The Balaban J connectivity index is 1.72. The molecule has 0 aliphatic carbocycles. The van der Waals surface area contributed by atoms with E-state index in [-0.39, 0.29) is 6.04 Å². The Kier molecular flexibility index (Phi) is 4.36. The van der Waals surface area contributed by atoms with E-state index in [0.717, 1.165) is 5.56 Å². The van der Waals surface area contributed by atoms with Crippen molar-refractivity contribution in [2.24, 2.45) is 0 Å². The average molecular weight is 336 g/mol. The fourth-order valence-corrected chi connectivity index (χ4v) is 4.27. The van der Waals surface area contributed by atoms with Crippen LogP contribution in [0.1, 0.15) is 20.3 Å². The summed E-state index contributed by atoms with van der Waals surface area (Å²) in [6.07, 6.45) is 0.553. The number of sulfonamides is 1. The third kappa shape index (κ3) is 3.53. The smallest absolute Gasteiger partial charge is 0.266 e. The van der Waals surface area contributed by atoms with Crippen LogP contribution in [0.25, 0.3) is 11.5 Å². The van der Waals surface area contributed by atoms with Gasteiger partial charge in [0.05, 0.1) is 5.25 Å². The van der Waals surface area contributed by atoms with Crippen molar-refractivity contribution in [2.75, 3.05) is 18.0 Å². The highest BCUT2D eigenvalue weighted by molar-refractivity contribution is 7.90. The van der Waals surface area contributed by atoms with E-state index < -0.39 is 15.3 Å². The summed E-state index contributed by atoms with van der Waals surface area (Å²) in [6, 6.07) is 9.38. The van der Waals surface area contributed by atoms with E-state index in [1.807, 2.05) is 49.1 Å². The summed E-state index contributed by atoms with van der Waals surface area (Å²) in [5.74, 6) is 0.873. The van der Waals surface area contributed by atoms with Crippen LogP contribution in [-0.2, 0) is 10.0 Å². The molecule has 1 N–H and O–H groups in total. The topological polar surface area (TPSA) is 88.3 Å². The second kappa shape index (κ2) is 6.29. The quantitative estimate of drug-likeness (QED) is 0.893. The maximum Gasteiger partial charge on any atom is 0.266 e. The molecule has 2 heterocycles. The highest BCUT2D eigenvalue weighted by atomic mass is 32.2. The van der Waals surface area contributed by atoms with Crippen LogP contribution in [0, 0.1) is 0 Å². The summed E-state index contributed by atoms with van der Waals surface area (Å²) < 4.78 is 32.4. The molecule has 1 aromatic heterocycles. The normalized spacial score (nSPS) is 18.7. The molecule has 1 atom stereocenters. The van der Waals surface area contributed by atoms with Crippen molar-refractivity contribution in [3.8, 4) is 11.5 Å². The first-order chi connectivity index (χ1) is 11.0. The van der Waals surface area contributed by atoms with Crippen LogP contribution in [0.4, 0.5) is 5.95 Å². The van der Waals surface area contributed by atoms with Gasteiger partial charge in [-0.25, -0.2) is 13.1 Å². The molecular formula is C15H20N4O3S. The Bertz CT molecular complexity index is 758. The van der Waals surface area contributed by atoms with Crippen LogP contribution in [0.15, 0.2) is 34.9 Å². The Morgan fingerprint density at radius 2 is 2.04 bits per heavy atom. The van der Waals surface area contributed by atoms with E-state index >= 15 is 0 Å². The van der Waals surface area contributed by atoms with Crippen molar-refractivity contribution in [1.82, 2.24) is 14.9 Å². The van der Waals surface area contributed by atoms with Crippen molar-refractivity contribution in [3.05, 3.63) is 30.3 Å². The monoisotopic (exact) mass is 336 g/mol. The average Bonchev–Trinajstić information content (AvgIpc) is 3.16. The van der Waals surface area contributed by atoms with Gasteiger partial charge >= 0.3 is 0 Å². The van der Waals surface area contributed by atoms with Gasteiger partial charge in [-0.05, 0) is 37.6 Å². The van der Waals surface area contributed by atoms with Crippen LogP contribution in [0.2, 0.25) is 0 Å². The maximum atomic E-state index is 12.2. The summed E-state index contributed by atoms with van der Waals surface area (Å²) in [5, 5.41) is 3.52. The van der Waals surface area contributed by atoms with Crippen molar-refractivity contribution in [2.45, 2.75) is 31.6 Å². The van der Waals surface area contributed by atoms with Crippen LogP contribution >= 0.6 is 0 Å². The van der Waals surface area contributed by atoms with Crippen molar-refractivity contribution in [1.29, 1.82) is 0 Å². The van der Waals surface area contributed by atoms with Gasteiger partial charge in [-0.3, -0.25) is 0 Å². The minimum atomic E-state index is -3.32. The molecule has 0 unspecified atom stereocenters. The molecular weight excluding hydrogens is 316 g/mol. The molecule has 23 heavy (non-hydrogen) atoms. The third-order valence-electron chi connectivity index (χ3n) is 3.70. The van der Waals surface area contributed by atoms with Gasteiger partial charge in [-0.1, -0.05) is 18.2 Å². The van der Waals surface area contributed by atoms with Crippen LogP contribution in [-0.4, -0.2) is 42.9 Å². The zero-order valence-electron chi connectivity index (χ0n) is 13.1. The van der Waals surface area contributed by atoms with Crippen molar-refractivity contribution < 1.29 is 12.9 Å². The second-order valence-electron chi connectivity index (χ2n) is 5.94. The number of nitrogens with one attached hydrogen (secondary N) is 1. The standard InChI is InChI=1S/C15H20N4O3S/c1-11(2)18-23(20,21)13-8-9-19(10-13)15-16-14(22-17-15)12-6-4-3-5-7-12/h3-7,11,13,18H,8-10H2,1-2H3/t13-/m0/s1. The highest BCUT2D eigenvalue weighted by Crippen LogP contribution is 2.24. The zero-order valence-corrected chi connectivity index (χ0v) is 14.0. The molecule has 0 amide bonds. The summed E-state index contributed by atoms with van der Waals surface area (Å²) >= 11 is 0. The second-order valence-corrected chi connectivity index (χ2v) is 7.93. The highest BCUT2D eigenvalue weighted by Gasteiger charge is 2.35. The van der Waals surface area contributed by atoms with Crippen molar-refractivity contribution in [3.63, 3.8) is 0 Å². The van der Waals surface area contributed by atoms with Gasteiger partial charge < -0.3 is 9.42 Å². The lowest BCUT2D eigenvalue weighted by molar-refractivity contribution is 0.430. The molecule has 0 bridgehead atoms. The summed E-state index contributed by atoms with van der Waals surface area (Å²) in [4.78, 5) is 6.22. The van der Waals surface area contributed by atoms with Gasteiger partial charge in [0, 0.05) is 24.7 Å². The van der Waals surface area contributed by atoms with Crippen LogP contribution in [0.3, 0.4) is 0 Å². The lowest BCUT2D eigenvalue weighted by Gasteiger charge is -2.16. The fraction of sp³-hybridized carbons (Fsp3) is 0.467. The Morgan fingerprint density at radius 3 is 2.74 bits per heavy atom. The lowest BCUT2D eigenvalue weighted by Crippen LogP contribution is -2.39. The summed E-state index contributed by atoms with van der Waals surface area (Å²) in [6.45, 7) is 4.60. The van der Waals surface area contributed by atoms with Crippen molar-refractivity contribution >= 4 is 16.0 Å². The number of hydrogen-bond acceptors (Lipinski definition) is 6. The largest absolute Gasteiger partial charge is 0.337 e. The number of anilines is 1. The van der Waals surface area contributed by atoms with Gasteiger partial charge in [0.25, 0.3) is 11.8 Å². The molecule has 0 spiro atoms. The first kappa shape index (κ1) is 15.9. The molecule has 2 aromatic rings. The molecule has 1 saturated heterocycles. The molecule has 0 saturated carbocycles. The van der Waals surface area contributed by atoms with Gasteiger partial charge in [0.1, 0.15) is 0 Å². The van der Waals surface area contributed by atoms with Crippen LogP contribution < -0.4 is 9.62 Å². The SMILES string of the molecule is CC(C)NS(=O)(=O)[C@H]1CCN(c2noc(-c3ccccc3)n2)C1. The first-order valence-electron chi connectivity index (χ1n) is 7.61. The molecule has 1 aliphatic rings. The van der Waals surface area contributed by atoms with Gasteiger partial charge in [-0.2, -0.15) is 4.98 Å². The molecule has 3 rings (SSSR count). The predicted molar refractivity (Wildman–Crippen MR) is 87.5 cm³/mol. The number of hydrogen-bond donors (Lipinski definition) is 1. The lowest BCUT2D eigenvalue weighted by atomic mass is 10.2. The van der Waals surface area contributed by atoms with E-state index in [4.69, 9.17) is 4.52 Å². The maximum absolute atomic E-state index is 12.2. The Labute approximate surface area is 135 Å². The van der Waals surface area contributed by atoms with Gasteiger partial charge in [0.15, 0.2) is 0 Å². The predicted octanol–water partition coefficient (Wildman–Crippen LogP) is 1.64. The minimum absolute atomic E-state index is 0.107. The molecule has 7 nitrogen and oxygen atoms in total. The van der Waals surface area contributed by atoms with E-state index in [2.05, 4.69) is 14.9 Å². The Hall–Kier alpha value is -1.93. The number of rotatable bonds is 5. The molecule has 1 aliphatic heterocycles. The van der Waals surface area contributed by atoms with E-state index in [1.165, 1.54) is 0 Å². The first-order valence-corrected chi connectivity index (χ1v) is 9.15. The van der Waals surface area contributed by atoms with E-state index in [0.29, 0.717) is 31.3 Å². The summed E-state index contributed by atoms with van der Waals surface area (Å²) in [7, 11) is -3.32. The van der Waals surface area contributed by atoms with E-state index in [1.54, 1.807) is 0 Å². The van der Waals surface area contributed by atoms with Gasteiger partial charge in [-0.15, -0.1) is 0 Å².